The Kier molecular flexibility index (Phi) is 4.88. The molecule has 0 atom stereocenters. The number of ether oxygens (including phenoxy) is 1. The topological polar surface area (TPSA) is 72.3 Å². The zero-order valence-corrected chi connectivity index (χ0v) is 13.7. The summed E-state index contributed by atoms with van der Waals surface area (Å²) in [7, 11) is 0. The first kappa shape index (κ1) is 17.5. The van der Waals surface area contributed by atoms with Crippen molar-refractivity contribution in [3.05, 3.63) is 66.0 Å². The highest BCUT2D eigenvalue weighted by Gasteiger charge is 2.15. The number of aromatic carboxylic acids is 1. The van der Waals surface area contributed by atoms with Crippen LogP contribution in [0.1, 0.15) is 16.1 Å². The third-order valence-electron chi connectivity index (χ3n) is 3.75. The molecule has 0 spiro atoms. The van der Waals surface area contributed by atoms with E-state index < -0.39 is 12.6 Å². The Bertz CT molecular complexity index is 947. The fourth-order valence-electron chi connectivity index (χ4n) is 2.53. The maximum absolute atomic E-state index is 12.7. The number of aromatic nitrogens is 2. The molecule has 0 radical (unpaired) electrons. The average Bonchev–Trinajstić information content (AvgIpc) is 2.62. The van der Waals surface area contributed by atoms with E-state index >= 15 is 0 Å². The first-order valence-corrected chi connectivity index (χ1v) is 7.67. The van der Waals surface area contributed by atoms with Crippen molar-refractivity contribution in [3.63, 3.8) is 0 Å². The van der Waals surface area contributed by atoms with Crippen LogP contribution in [0.25, 0.3) is 22.5 Å². The Balaban J connectivity index is 2.09. The summed E-state index contributed by atoms with van der Waals surface area (Å²) in [6.07, 6.45) is 1.23. The van der Waals surface area contributed by atoms with Crippen molar-refractivity contribution in [2.45, 2.75) is 13.5 Å². The first-order valence-electron chi connectivity index (χ1n) is 7.67. The number of carbonyl (C=O) groups is 1. The van der Waals surface area contributed by atoms with Crippen LogP contribution in [-0.2, 0) is 0 Å². The quantitative estimate of drug-likeness (QED) is 0.733. The van der Waals surface area contributed by atoms with Crippen LogP contribution < -0.4 is 4.74 Å². The van der Waals surface area contributed by atoms with E-state index in [1.807, 2.05) is 6.07 Å². The minimum absolute atomic E-state index is 0.00897. The molecule has 0 saturated heterocycles. The number of benzene rings is 2. The van der Waals surface area contributed by atoms with Crippen LogP contribution in [0.3, 0.4) is 0 Å². The molecule has 0 aliphatic heterocycles. The lowest BCUT2D eigenvalue weighted by molar-refractivity contribution is -0.0494. The highest BCUT2D eigenvalue weighted by Crippen LogP contribution is 2.34. The SMILES string of the molecule is Cc1nc(-c2ccc(OC(F)F)c(-c3ccccc3)c2)ncc1C(=O)O. The summed E-state index contributed by atoms with van der Waals surface area (Å²) in [5.41, 5.74) is 2.05. The fraction of sp³-hybridized carbons (Fsp3) is 0.105. The van der Waals surface area contributed by atoms with Crippen LogP contribution in [0.15, 0.2) is 54.7 Å². The van der Waals surface area contributed by atoms with Gasteiger partial charge in [0.05, 0.1) is 11.3 Å². The third-order valence-corrected chi connectivity index (χ3v) is 3.75. The number of nitrogens with zero attached hydrogens (tertiary/aromatic N) is 2. The van der Waals surface area contributed by atoms with E-state index in [9.17, 15) is 13.6 Å². The van der Waals surface area contributed by atoms with Gasteiger partial charge in [-0.15, -0.1) is 0 Å². The van der Waals surface area contributed by atoms with Crippen molar-refractivity contribution in [1.29, 1.82) is 0 Å². The molecule has 3 aromatic rings. The highest BCUT2D eigenvalue weighted by atomic mass is 19.3. The molecular formula is C19H14F2N2O3. The van der Waals surface area contributed by atoms with Crippen molar-refractivity contribution < 1.29 is 23.4 Å². The van der Waals surface area contributed by atoms with Crippen molar-refractivity contribution in [2.75, 3.05) is 0 Å². The number of carboxylic acid groups (broad SMARTS) is 1. The van der Waals surface area contributed by atoms with Gasteiger partial charge in [0.2, 0.25) is 0 Å². The smallest absolute Gasteiger partial charge is 0.387 e. The van der Waals surface area contributed by atoms with E-state index in [4.69, 9.17) is 5.11 Å². The largest absolute Gasteiger partial charge is 0.478 e. The maximum atomic E-state index is 12.7. The van der Waals surface area contributed by atoms with Crippen LogP contribution in [-0.4, -0.2) is 27.7 Å². The summed E-state index contributed by atoms with van der Waals surface area (Å²) in [6.45, 7) is -1.38. The molecule has 26 heavy (non-hydrogen) atoms. The van der Waals surface area contributed by atoms with Crippen molar-refractivity contribution >= 4 is 5.97 Å². The van der Waals surface area contributed by atoms with E-state index in [0.717, 1.165) is 0 Å². The van der Waals surface area contributed by atoms with Gasteiger partial charge in [-0.2, -0.15) is 8.78 Å². The van der Waals surface area contributed by atoms with Gasteiger partial charge in [-0.05, 0) is 30.7 Å². The second kappa shape index (κ2) is 7.26. The van der Waals surface area contributed by atoms with Gasteiger partial charge in [-0.1, -0.05) is 30.3 Å². The number of hydrogen-bond acceptors (Lipinski definition) is 4. The van der Waals surface area contributed by atoms with Crippen molar-refractivity contribution in [2.24, 2.45) is 0 Å². The van der Waals surface area contributed by atoms with E-state index in [0.29, 0.717) is 28.2 Å². The second-order valence-electron chi connectivity index (χ2n) is 5.45. The molecule has 0 saturated carbocycles. The molecule has 5 nitrogen and oxygen atoms in total. The Morgan fingerprint density at radius 3 is 2.46 bits per heavy atom. The van der Waals surface area contributed by atoms with Gasteiger partial charge >= 0.3 is 12.6 Å². The first-order chi connectivity index (χ1) is 12.5. The summed E-state index contributed by atoms with van der Waals surface area (Å²) in [6, 6.07) is 13.6. The van der Waals surface area contributed by atoms with Crippen LogP contribution in [0, 0.1) is 6.92 Å². The summed E-state index contributed by atoms with van der Waals surface area (Å²) in [5.74, 6) is -0.776. The minimum Gasteiger partial charge on any atom is -0.478 e. The molecule has 2 aromatic carbocycles. The van der Waals surface area contributed by atoms with Gasteiger partial charge in [-0.25, -0.2) is 14.8 Å². The Labute approximate surface area is 147 Å². The molecule has 1 aromatic heterocycles. The average molecular weight is 356 g/mol. The number of rotatable bonds is 5. The fourth-order valence-corrected chi connectivity index (χ4v) is 2.53. The standard InChI is InChI=1S/C19H14F2N2O3/c1-11-15(18(24)25)10-22-17(23-11)13-7-8-16(26-19(20)21)14(9-13)12-5-3-2-4-6-12/h2-10,19H,1H3,(H,24,25). The van der Waals surface area contributed by atoms with Gasteiger partial charge in [-0.3, -0.25) is 0 Å². The molecule has 0 aliphatic rings. The Hall–Kier alpha value is -3.35. The molecule has 1 N–H and O–H groups in total. The number of carboxylic acids is 1. The normalized spacial score (nSPS) is 10.8. The van der Waals surface area contributed by atoms with Gasteiger partial charge in [0, 0.05) is 17.3 Å². The minimum atomic E-state index is -2.95. The molecule has 0 bridgehead atoms. The Morgan fingerprint density at radius 1 is 1.12 bits per heavy atom. The molecule has 132 valence electrons. The van der Waals surface area contributed by atoms with Crippen LogP contribution >= 0.6 is 0 Å². The molecule has 3 rings (SSSR count). The van der Waals surface area contributed by atoms with Gasteiger partial charge < -0.3 is 9.84 Å². The Morgan fingerprint density at radius 2 is 1.85 bits per heavy atom. The lowest BCUT2D eigenvalue weighted by Gasteiger charge is -2.13. The van der Waals surface area contributed by atoms with Crippen LogP contribution in [0.4, 0.5) is 8.78 Å². The predicted molar refractivity (Wildman–Crippen MR) is 91.2 cm³/mol. The molecule has 7 heteroatoms. The van der Waals surface area contributed by atoms with Gasteiger partial charge in [0.1, 0.15) is 5.75 Å². The van der Waals surface area contributed by atoms with Crippen LogP contribution in [0.5, 0.6) is 5.75 Å². The zero-order chi connectivity index (χ0) is 18.7. The van der Waals surface area contributed by atoms with Gasteiger partial charge in [0.25, 0.3) is 0 Å². The summed E-state index contributed by atoms with van der Waals surface area (Å²) >= 11 is 0. The van der Waals surface area contributed by atoms with Crippen molar-refractivity contribution in [1.82, 2.24) is 9.97 Å². The third kappa shape index (κ3) is 3.66. The predicted octanol–water partition coefficient (Wildman–Crippen LogP) is 4.42. The van der Waals surface area contributed by atoms with E-state index in [-0.39, 0.29) is 11.3 Å². The van der Waals surface area contributed by atoms with E-state index in [2.05, 4.69) is 14.7 Å². The summed E-state index contributed by atoms with van der Waals surface area (Å²) < 4.78 is 30.0. The van der Waals surface area contributed by atoms with Crippen LogP contribution in [0.2, 0.25) is 0 Å². The second-order valence-corrected chi connectivity index (χ2v) is 5.45. The number of halogens is 2. The van der Waals surface area contributed by atoms with E-state index in [1.165, 1.54) is 12.3 Å². The maximum Gasteiger partial charge on any atom is 0.387 e. The molecule has 0 amide bonds. The monoisotopic (exact) mass is 356 g/mol. The summed E-state index contributed by atoms with van der Waals surface area (Å²) in [5, 5.41) is 9.07. The van der Waals surface area contributed by atoms with Crippen molar-refractivity contribution in [3.8, 4) is 28.3 Å². The molecule has 0 fully saturated rings. The number of aryl methyl sites for hydroxylation is 1. The molecule has 0 unspecified atom stereocenters. The number of hydrogen-bond donors (Lipinski definition) is 1. The number of alkyl halides is 2. The van der Waals surface area contributed by atoms with Gasteiger partial charge in [0.15, 0.2) is 5.82 Å². The van der Waals surface area contributed by atoms with E-state index in [1.54, 1.807) is 43.3 Å². The molecule has 0 aliphatic carbocycles. The lowest BCUT2D eigenvalue weighted by atomic mass is 10.0. The zero-order valence-electron chi connectivity index (χ0n) is 13.7. The highest BCUT2D eigenvalue weighted by molar-refractivity contribution is 5.88. The molecular weight excluding hydrogens is 342 g/mol. The lowest BCUT2D eigenvalue weighted by Crippen LogP contribution is -2.05. The summed E-state index contributed by atoms with van der Waals surface area (Å²) in [4.78, 5) is 19.4. The molecule has 1 heterocycles.